The van der Waals surface area contributed by atoms with Gasteiger partial charge in [0, 0.05) is 62.4 Å². The summed E-state index contributed by atoms with van der Waals surface area (Å²) in [5, 5.41) is 27.6. The van der Waals surface area contributed by atoms with E-state index >= 15 is 0 Å². The van der Waals surface area contributed by atoms with Crippen molar-refractivity contribution in [3.8, 4) is 68.4 Å². The fourth-order valence-electron chi connectivity index (χ4n) is 13.3. The lowest BCUT2D eigenvalue weighted by molar-refractivity contribution is 0.00578. The van der Waals surface area contributed by atoms with Crippen LogP contribution in [-0.2, 0) is 31.0 Å². The van der Waals surface area contributed by atoms with Crippen LogP contribution < -0.4 is 15.3 Å². The number of pyridine rings is 2. The number of fused-ring (bicyclic) bond motifs is 2. The molecule has 14 nitrogen and oxygen atoms in total. The number of halogens is 1. The largest absolute Gasteiger partial charge is 0.507 e. The summed E-state index contributed by atoms with van der Waals surface area (Å²) in [7, 11) is -0.418. The van der Waals surface area contributed by atoms with Crippen molar-refractivity contribution in [1.29, 1.82) is 0 Å². The molecule has 554 valence electrons. The molecule has 5 heterocycles. The predicted octanol–water partition coefficient (Wildman–Crippen LogP) is 23.4. The van der Waals surface area contributed by atoms with Crippen LogP contribution in [0.5, 0.6) is 11.5 Å². The highest BCUT2D eigenvalue weighted by Gasteiger charge is 2.52. The van der Waals surface area contributed by atoms with Gasteiger partial charge in [0.05, 0.1) is 33.7 Å². The monoisotopic (exact) mass is 1470 g/mol. The summed E-state index contributed by atoms with van der Waals surface area (Å²) in [6, 6.07) is 85.6. The minimum atomic E-state index is -0.418. The molecular weight excluding hydrogens is 1380 g/mol. The maximum Gasteiger partial charge on any atom is 0.494 e. The van der Waals surface area contributed by atoms with Crippen LogP contribution in [0.2, 0.25) is 5.28 Å². The SMILES string of the molecule is CC(C)(C)c1cc(-c2nc(-c3ccccc3)nc(-c3cccc(N(c4ccccn4)c4cccc5ccccc45)c3)n2)c(O)c(C(C)(C)C)c1.CC(C)(C)c1cc(-c2nc(Cl)nc(-c3ccccc3)n2)c(O)c(C(C)(C)C)c1.CC1(C)OB(c2cccc(N(c3ccccn3)c3cccc4ccccc34)c2)OC1(C)C. The van der Waals surface area contributed by atoms with Crippen molar-refractivity contribution in [2.45, 2.75) is 144 Å². The molecule has 0 bridgehead atoms. The molecule has 2 N–H and O–H groups in total. The average molecular weight is 1470 g/mol. The summed E-state index contributed by atoms with van der Waals surface area (Å²) in [6.07, 6.45) is 3.64. The van der Waals surface area contributed by atoms with E-state index in [1.165, 1.54) is 10.8 Å². The number of anilines is 6. The van der Waals surface area contributed by atoms with Gasteiger partial charge in [-0.15, -0.1) is 0 Å². The third-order valence-corrected chi connectivity index (χ3v) is 20.3. The van der Waals surface area contributed by atoms with E-state index in [1.54, 1.807) is 0 Å². The molecule has 14 aromatic rings. The second-order valence-electron chi connectivity index (χ2n) is 32.9. The van der Waals surface area contributed by atoms with Crippen molar-refractivity contribution < 1.29 is 19.5 Å². The van der Waals surface area contributed by atoms with Gasteiger partial charge < -0.3 is 19.5 Å². The van der Waals surface area contributed by atoms with Crippen LogP contribution in [0.4, 0.5) is 34.4 Å². The van der Waals surface area contributed by atoms with Crippen molar-refractivity contribution in [2.24, 2.45) is 0 Å². The number of phenolic OH excluding ortho intramolecular Hbond substituents is 2. The zero-order chi connectivity index (χ0) is 78.1. The third-order valence-electron chi connectivity index (χ3n) is 20.1. The number of aromatic hydroxyl groups is 2. The second kappa shape index (κ2) is 30.9. The molecule has 10 aromatic carbocycles. The maximum atomic E-state index is 11.8. The molecule has 4 aromatic heterocycles. The first-order chi connectivity index (χ1) is 52.3. The van der Waals surface area contributed by atoms with Crippen molar-refractivity contribution in [3.05, 3.63) is 295 Å². The molecule has 0 spiro atoms. The van der Waals surface area contributed by atoms with Gasteiger partial charge in [-0.3, -0.25) is 9.80 Å². The van der Waals surface area contributed by atoms with Crippen LogP contribution in [-0.4, -0.2) is 68.4 Å². The Balaban J connectivity index is 0.000000153. The molecule has 1 aliphatic rings. The summed E-state index contributed by atoms with van der Waals surface area (Å²) < 4.78 is 12.6. The van der Waals surface area contributed by atoms with Gasteiger partial charge in [0.15, 0.2) is 29.1 Å². The van der Waals surface area contributed by atoms with Gasteiger partial charge in [-0.25, -0.2) is 29.9 Å². The summed E-state index contributed by atoms with van der Waals surface area (Å²) in [5.41, 5.74) is 11.0. The first-order valence-electron chi connectivity index (χ1n) is 37.3. The van der Waals surface area contributed by atoms with Crippen LogP contribution in [0.1, 0.15) is 133 Å². The van der Waals surface area contributed by atoms with E-state index in [0.29, 0.717) is 40.2 Å². The van der Waals surface area contributed by atoms with E-state index in [1.807, 2.05) is 134 Å². The lowest BCUT2D eigenvalue weighted by atomic mass is 9.79. The normalized spacial score (nSPS) is 13.4. The molecule has 0 aliphatic carbocycles. The van der Waals surface area contributed by atoms with Crippen LogP contribution in [0.15, 0.2) is 267 Å². The maximum absolute atomic E-state index is 11.8. The fraction of sp³-hybridized carbons (Fsp3) is 0.234. The number of hydrogen-bond donors (Lipinski definition) is 2. The second-order valence-corrected chi connectivity index (χ2v) is 33.2. The lowest BCUT2D eigenvalue weighted by Gasteiger charge is -2.32. The molecule has 0 radical (unpaired) electrons. The Morgan fingerprint density at radius 1 is 0.355 bits per heavy atom. The van der Waals surface area contributed by atoms with Crippen molar-refractivity contribution in [1.82, 2.24) is 39.9 Å². The zero-order valence-corrected chi connectivity index (χ0v) is 66.3. The molecule has 110 heavy (non-hydrogen) atoms. The molecular formula is C94H94BClN10O4. The standard InChI is InChI=1S/C44H41N5O.C27H27BN2O2.C23H26ClN3O/c1-43(2,3)32-27-35(39(50)36(28-32)44(4,5)6)42-47-40(30-17-8-7-9-18-30)46-41(48-42)31-20-14-21-33(26-31)49(38-24-12-13-25-45-38)37-23-15-19-29-16-10-11-22-34(29)37;1-26(2)27(3,4)32-28(31-26)21-13-10-14-22(19-21)30(25-17-7-8-18-29-25)24-16-9-12-20-11-5-6-15-23(20)24;1-22(2,3)15-12-16(18(28)17(13-15)23(4,5)6)20-25-19(26-21(24)27-20)14-10-8-7-9-11-14/h7-28,50H,1-6H3;5-19H,1-4H3;7-13,28H,1-6H3. The zero-order valence-electron chi connectivity index (χ0n) is 65.5. The van der Waals surface area contributed by atoms with Crippen LogP contribution in [0.25, 0.3) is 78.5 Å². The number of rotatable bonds is 12. The van der Waals surface area contributed by atoms with E-state index < -0.39 is 7.12 Å². The van der Waals surface area contributed by atoms with Gasteiger partial charge in [0.2, 0.25) is 5.28 Å². The number of hydrogen-bond acceptors (Lipinski definition) is 14. The first kappa shape index (κ1) is 76.7. The Morgan fingerprint density at radius 2 is 0.718 bits per heavy atom. The van der Waals surface area contributed by atoms with E-state index in [0.717, 1.165) is 89.6 Å². The molecule has 0 unspecified atom stereocenters. The van der Waals surface area contributed by atoms with E-state index in [2.05, 4.69) is 274 Å². The van der Waals surface area contributed by atoms with Crippen molar-refractivity contribution >= 4 is 80.1 Å². The minimum Gasteiger partial charge on any atom is -0.507 e. The third kappa shape index (κ3) is 16.7. The van der Waals surface area contributed by atoms with E-state index in [-0.39, 0.29) is 49.6 Å². The van der Waals surface area contributed by atoms with Gasteiger partial charge in [0.1, 0.15) is 23.1 Å². The minimum absolute atomic E-state index is 0.0957. The van der Waals surface area contributed by atoms with Gasteiger partial charge in [-0.1, -0.05) is 265 Å². The summed E-state index contributed by atoms with van der Waals surface area (Å²) in [6.45, 7) is 33.8. The molecule has 1 aliphatic heterocycles. The number of aromatic nitrogens is 8. The van der Waals surface area contributed by atoms with Crippen LogP contribution in [0.3, 0.4) is 0 Å². The molecule has 16 heteroatoms. The van der Waals surface area contributed by atoms with E-state index in [4.69, 9.17) is 40.8 Å². The quantitative estimate of drug-likeness (QED) is 0.111. The average Bonchev–Trinajstić information content (AvgIpc) is 1.66. The Bertz CT molecular complexity index is 5600. The first-order valence-corrected chi connectivity index (χ1v) is 37.7. The topological polar surface area (TPSA) is 169 Å². The van der Waals surface area contributed by atoms with Gasteiger partial charge in [-0.05, 0) is 161 Å². The molecule has 0 saturated carbocycles. The summed E-state index contributed by atoms with van der Waals surface area (Å²) in [5.74, 6) is 4.33. The van der Waals surface area contributed by atoms with E-state index in [9.17, 15) is 10.2 Å². The van der Waals surface area contributed by atoms with Gasteiger partial charge in [0.25, 0.3) is 0 Å². The van der Waals surface area contributed by atoms with Gasteiger partial charge in [-0.2, -0.15) is 9.97 Å². The highest BCUT2D eigenvalue weighted by molar-refractivity contribution is 6.62. The Kier molecular flexibility index (Phi) is 21.5. The summed E-state index contributed by atoms with van der Waals surface area (Å²) in [4.78, 5) is 42.1. The molecule has 15 rings (SSSR count). The van der Waals surface area contributed by atoms with Gasteiger partial charge >= 0.3 is 7.12 Å². The predicted molar refractivity (Wildman–Crippen MR) is 452 cm³/mol. The Labute approximate surface area is 652 Å². The van der Waals surface area contributed by atoms with Crippen LogP contribution >= 0.6 is 11.6 Å². The number of phenols is 2. The molecule has 1 fully saturated rings. The molecule has 1 saturated heterocycles. The highest BCUT2D eigenvalue weighted by Crippen LogP contribution is 2.46. The van der Waals surface area contributed by atoms with Crippen LogP contribution in [0, 0.1) is 0 Å². The highest BCUT2D eigenvalue weighted by atomic mass is 35.5. The van der Waals surface area contributed by atoms with Crippen molar-refractivity contribution in [3.63, 3.8) is 0 Å². The molecule has 0 amide bonds. The molecule has 0 atom stereocenters. The summed E-state index contributed by atoms with van der Waals surface area (Å²) >= 11 is 6.22. The number of nitrogens with zero attached hydrogens (tertiary/aromatic N) is 10. The fourth-order valence-corrected chi connectivity index (χ4v) is 13.4. The number of benzene rings is 10. The lowest BCUT2D eigenvalue weighted by Crippen LogP contribution is -2.41. The Morgan fingerprint density at radius 3 is 1.16 bits per heavy atom. The van der Waals surface area contributed by atoms with Crippen molar-refractivity contribution in [2.75, 3.05) is 9.80 Å². The Hall–Kier alpha value is -11.5. The smallest absolute Gasteiger partial charge is 0.494 e.